The molecule has 6 heteroatoms. The van der Waals surface area contributed by atoms with Gasteiger partial charge in [0, 0.05) is 5.69 Å². The van der Waals surface area contributed by atoms with Crippen LogP contribution in [0.3, 0.4) is 0 Å². The molecule has 16 heavy (non-hydrogen) atoms. The zero-order valence-corrected chi connectivity index (χ0v) is 8.78. The van der Waals surface area contributed by atoms with E-state index >= 15 is 0 Å². The summed E-state index contributed by atoms with van der Waals surface area (Å²) in [4.78, 5) is 26.7. The van der Waals surface area contributed by atoms with Crippen LogP contribution < -0.4 is 16.2 Å². The van der Waals surface area contributed by atoms with Crippen molar-refractivity contribution in [2.75, 3.05) is 5.32 Å². The lowest BCUT2D eigenvalue weighted by atomic mass is 10.2. The number of amides is 2. The van der Waals surface area contributed by atoms with Gasteiger partial charge in [-0.1, -0.05) is 6.07 Å². The molecule has 0 saturated carbocycles. The van der Waals surface area contributed by atoms with Gasteiger partial charge in [0.1, 0.15) is 11.9 Å². The summed E-state index contributed by atoms with van der Waals surface area (Å²) in [5.74, 6) is 0.0416. The molecule has 84 valence electrons. The molecule has 1 unspecified atom stereocenters. The Kier molecular flexibility index (Phi) is 2.82. The largest absolute Gasteiger partial charge is 0.309 e. The van der Waals surface area contributed by atoms with Crippen LogP contribution in [0.2, 0.25) is 0 Å². The Bertz CT molecular complexity index is 433. The van der Waals surface area contributed by atoms with Gasteiger partial charge in [0.25, 0.3) is 0 Å². The average Bonchev–Trinajstić information content (AvgIpc) is 2.65. The van der Waals surface area contributed by atoms with Gasteiger partial charge in [-0.3, -0.25) is 15.0 Å². The molecule has 1 atom stereocenters. The smallest absolute Gasteiger partial charge is 0.245 e. The molecule has 6 nitrogen and oxygen atoms in total. The fourth-order valence-corrected chi connectivity index (χ4v) is 1.44. The summed E-state index contributed by atoms with van der Waals surface area (Å²) in [6.07, 6.45) is 0.150. The first kappa shape index (κ1) is 10.6. The SMILES string of the molecule is Cc1cccc(NC(=O)C2CC(=O)NN2)n1. The zero-order chi connectivity index (χ0) is 11.5. The van der Waals surface area contributed by atoms with Gasteiger partial charge in [0.2, 0.25) is 11.8 Å². The molecule has 0 aromatic carbocycles. The van der Waals surface area contributed by atoms with Crippen molar-refractivity contribution in [3.8, 4) is 0 Å². The number of hydrogen-bond donors (Lipinski definition) is 3. The summed E-state index contributed by atoms with van der Waals surface area (Å²) in [5.41, 5.74) is 5.80. The minimum Gasteiger partial charge on any atom is -0.309 e. The minimum atomic E-state index is -0.533. The molecule has 0 spiro atoms. The van der Waals surface area contributed by atoms with Crippen molar-refractivity contribution in [1.29, 1.82) is 0 Å². The van der Waals surface area contributed by atoms with Crippen molar-refractivity contribution >= 4 is 17.6 Å². The van der Waals surface area contributed by atoms with E-state index in [-0.39, 0.29) is 18.2 Å². The van der Waals surface area contributed by atoms with Crippen LogP contribution in [-0.4, -0.2) is 22.8 Å². The number of carbonyl (C=O) groups is 2. The number of hydrogen-bond acceptors (Lipinski definition) is 4. The number of hydrazine groups is 1. The molecule has 1 aliphatic heterocycles. The second kappa shape index (κ2) is 4.28. The highest BCUT2D eigenvalue weighted by Crippen LogP contribution is 2.06. The Hall–Kier alpha value is -1.95. The van der Waals surface area contributed by atoms with Gasteiger partial charge < -0.3 is 5.32 Å². The molecule has 0 bridgehead atoms. The highest BCUT2D eigenvalue weighted by Gasteiger charge is 2.27. The standard InChI is InChI=1S/C10H12N4O2/c1-6-3-2-4-8(11-6)12-10(16)7-5-9(15)14-13-7/h2-4,7,13H,5H2,1H3,(H,14,15)(H,11,12,16). The van der Waals surface area contributed by atoms with E-state index in [1.165, 1.54) is 0 Å². The molecule has 1 aliphatic rings. The first-order valence-electron chi connectivity index (χ1n) is 4.94. The molecule has 0 radical (unpaired) electrons. The van der Waals surface area contributed by atoms with Gasteiger partial charge in [-0.15, -0.1) is 0 Å². The number of carbonyl (C=O) groups excluding carboxylic acids is 2. The van der Waals surface area contributed by atoms with Crippen molar-refractivity contribution in [2.45, 2.75) is 19.4 Å². The molecular weight excluding hydrogens is 208 g/mol. The van der Waals surface area contributed by atoms with E-state index in [1.807, 2.05) is 19.1 Å². The first-order valence-corrected chi connectivity index (χ1v) is 4.94. The quantitative estimate of drug-likeness (QED) is 0.640. The van der Waals surface area contributed by atoms with Gasteiger partial charge in [0.05, 0.1) is 6.42 Å². The number of nitrogens with zero attached hydrogens (tertiary/aromatic N) is 1. The van der Waals surface area contributed by atoms with E-state index in [0.29, 0.717) is 5.82 Å². The number of aromatic nitrogens is 1. The van der Waals surface area contributed by atoms with E-state index in [9.17, 15) is 9.59 Å². The molecule has 0 aliphatic carbocycles. The van der Waals surface area contributed by atoms with Crippen LogP contribution in [0.25, 0.3) is 0 Å². The van der Waals surface area contributed by atoms with Crippen LogP contribution >= 0.6 is 0 Å². The van der Waals surface area contributed by atoms with Gasteiger partial charge in [-0.05, 0) is 19.1 Å². The van der Waals surface area contributed by atoms with E-state index in [0.717, 1.165) is 5.69 Å². The monoisotopic (exact) mass is 220 g/mol. The van der Waals surface area contributed by atoms with Gasteiger partial charge in [0.15, 0.2) is 0 Å². The average molecular weight is 220 g/mol. The summed E-state index contributed by atoms with van der Waals surface area (Å²) < 4.78 is 0. The molecule has 1 aromatic rings. The van der Waals surface area contributed by atoms with Gasteiger partial charge >= 0.3 is 0 Å². The third-order valence-corrected chi connectivity index (χ3v) is 2.23. The number of anilines is 1. The van der Waals surface area contributed by atoms with Crippen molar-refractivity contribution in [1.82, 2.24) is 15.8 Å². The van der Waals surface area contributed by atoms with E-state index in [1.54, 1.807) is 6.07 Å². The summed E-state index contributed by atoms with van der Waals surface area (Å²) in [6, 6.07) is 4.82. The summed E-state index contributed by atoms with van der Waals surface area (Å²) in [7, 11) is 0. The van der Waals surface area contributed by atoms with Crippen LogP contribution in [0.15, 0.2) is 18.2 Å². The van der Waals surface area contributed by atoms with Gasteiger partial charge in [-0.2, -0.15) is 0 Å². The van der Waals surface area contributed by atoms with Crippen molar-refractivity contribution in [3.05, 3.63) is 23.9 Å². The third-order valence-electron chi connectivity index (χ3n) is 2.23. The van der Waals surface area contributed by atoms with Crippen molar-refractivity contribution in [3.63, 3.8) is 0 Å². The molecular formula is C10H12N4O2. The van der Waals surface area contributed by atoms with Crippen LogP contribution in [0.5, 0.6) is 0 Å². The molecule has 1 saturated heterocycles. The normalized spacial score (nSPS) is 19.3. The lowest BCUT2D eigenvalue weighted by Crippen LogP contribution is -2.39. The third kappa shape index (κ3) is 2.34. The fourth-order valence-electron chi connectivity index (χ4n) is 1.44. The highest BCUT2D eigenvalue weighted by atomic mass is 16.2. The number of rotatable bonds is 2. The molecule has 1 fully saturated rings. The molecule has 3 N–H and O–H groups in total. The topological polar surface area (TPSA) is 83.1 Å². The second-order valence-corrected chi connectivity index (χ2v) is 3.60. The molecule has 1 aromatic heterocycles. The Labute approximate surface area is 92.4 Å². The molecule has 2 rings (SSSR count). The van der Waals surface area contributed by atoms with Gasteiger partial charge in [-0.25, -0.2) is 10.4 Å². The number of aryl methyl sites for hydroxylation is 1. The number of pyridine rings is 1. The van der Waals surface area contributed by atoms with Crippen LogP contribution in [0.1, 0.15) is 12.1 Å². The van der Waals surface area contributed by atoms with Crippen molar-refractivity contribution in [2.24, 2.45) is 0 Å². The zero-order valence-electron chi connectivity index (χ0n) is 8.78. The molecule has 2 heterocycles. The van der Waals surface area contributed by atoms with E-state index in [4.69, 9.17) is 0 Å². The lowest BCUT2D eigenvalue weighted by molar-refractivity contribution is -0.121. The Morgan fingerprint density at radius 1 is 1.56 bits per heavy atom. The predicted molar refractivity (Wildman–Crippen MR) is 57.3 cm³/mol. The van der Waals surface area contributed by atoms with Crippen LogP contribution in [0, 0.1) is 6.92 Å². The van der Waals surface area contributed by atoms with Crippen LogP contribution in [0.4, 0.5) is 5.82 Å². The van der Waals surface area contributed by atoms with Crippen molar-refractivity contribution < 1.29 is 9.59 Å². The maximum absolute atomic E-state index is 11.7. The predicted octanol–water partition coefficient (Wildman–Crippen LogP) is -0.278. The summed E-state index contributed by atoms with van der Waals surface area (Å²) >= 11 is 0. The molecule has 2 amide bonds. The Morgan fingerprint density at radius 3 is 3.00 bits per heavy atom. The maximum atomic E-state index is 11.7. The lowest BCUT2D eigenvalue weighted by Gasteiger charge is -2.09. The van der Waals surface area contributed by atoms with E-state index < -0.39 is 6.04 Å². The Morgan fingerprint density at radius 2 is 2.38 bits per heavy atom. The fraction of sp³-hybridized carbons (Fsp3) is 0.300. The highest BCUT2D eigenvalue weighted by molar-refractivity contribution is 5.98. The first-order chi connectivity index (χ1) is 7.65. The van der Waals surface area contributed by atoms with E-state index in [2.05, 4.69) is 21.2 Å². The number of nitrogens with one attached hydrogen (secondary N) is 3. The maximum Gasteiger partial charge on any atom is 0.245 e. The minimum absolute atomic E-state index is 0.150. The van der Waals surface area contributed by atoms with Crippen LogP contribution in [-0.2, 0) is 9.59 Å². The second-order valence-electron chi connectivity index (χ2n) is 3.60. The summed E-state index contributed by atoms with van der Waals surface area (Å²) in [6.45, 7) is 1.84. The summed E-state index contributed by atoms with van der Waals surface area (Å²) in [5, 5.41) is 2.64. The Balaban J connectivity index is 1.99.